The molecular weight excluding hydrogens is 390 g/mol. The molecule has 0 unspecified atom stereocenters. The summed E-state index contributed by atoms with van der Waals surface area (Å²) in [5.41, 5.74) is 1.52. The number of esters is 1. The molecule has 6 nitrogen and oxygen atoms in total. The standard InChI is InChI=1S/C22H23NO5S/c1-15-11-12-23(17-5-3-4-6-20(17)29-15)21(25)14-28-22(26)10-8-16-7-9-18(24)19(13-16)27-2/h3-10,13,15,24H,11-12,14H2,1-2H3/b10-8+/t15-/m1/s1. The van der Waals surface area contributed by atoms with Crippen LogP contribution in [0.3, 0.4) is 0 Å². The van der Waals surface area contributed by atoms with Crippen LogP contribution < -0.4 is 9.64 Å². The van der Waals surface area contributed by atoms with Crippen LogP contribution in [0.1, 0.15) is 18.9 Å². The highest BCUT2D eigenvalue weighted by molar-refractivity contribution is 8.00. The van der Waals surface area contributed by atoms with Crippen LogP contribution in [-0.2, 0) is 14.3 Å². The van der Waals surface area contributed by atoms with Gasteiger partial charge in [-0.25, -0.2) is 4.79 Å². The maximum atomic E-state index is 12.7. The Morgan fingerprint density at radius 2 is 2.07 bits per heavy atom. The Bertz CT molecular complexity index is 927. The number of fused-ring (bicyclic) bond motifs is 1. The van der Waals surface area contributed by atoms with Crippen molar-refractivity contribution in [3.63, 3.8) is 0 Å². The van der Waals surface area contributed by atoms with E-state index >= 15 is 0 Å². The quantitative estimate of drug-likeness (QED) is 0.592. The van der Waals surface area contributed by atoms with Gasteiger partial charge >= 0.3 is 5.97 Å². The first-order valence-electron chi connectivity index (χ1n) is 9.26. The third-order valence-electron chi connectivity index (χ3n) is 4.50. The average Bonchev–Trinajstić information content (AvgIpc) is 2.89. The Morgan fingerprint density at radius 3 is 2.86 bits per heavy atom. The molecule has 0 radical (unpaired) electrons. The summed E-state index contributed by atoms with van der Waals surface area (Å²) >= 11 is 1.75. The monoisotopic (exact) mass is 413 g/mol. The molecule has 2 aromatic carbocycles. The second-order valence-electron chi connectivity index (χ2n) is 6.60. The van der Waals surface area contributed by atoms with Crippen LogP contribution >= 0.6 is 11.8 Å². The Balaban J connectivity index is 1.61. The smallest absolute Gasteiger partial charge is 0.331 e. The topological polar surface area (TPSA) is 76.1 Å². The average molecular weight is 413 g/mol. The van der Waals surface area contributed by atoms with Crippen LogP contribution in [0.25, 0.3) is 6.08 Å². The van der Waals surface area contributed by atoms with Gasteiger partial charge in [0.1, 0.15) is 0 Å². The minimum atomic E-state index is -0.615. The van der Waals surface area contributed by atoms with Gasteiger partial charge in [0, 0.05) is 22.8 Å². The van der Waals surface area contributed by atoms with E-state index in [1.165, 1.54) is 25.3 Å². The first-order valence-corrected chi connectivity index (χ1v) is 10.1. The molecule has 1 aliphatic rings. The first-order chi connectivity index (χ1) is 14.0. The third-order valence-corrected chi connectivity index (χ3v) is 5.74. The first kappa shape index (κ1) is 20.8. The number of thioether (sulfide) groups is 1. The lowest BCUT2D eigenvalue weighted by molar-refractivity contribution is -0.142. The van der Waals surface area contributed by atoms with Crippen molar-refractivity contribution in [3.05, 3.63) is 54.1 Å². The van der Waals surface area contributed by atoms with E-state index in [1.807, 2.05) is 24.3 Å². The molecule has 1 N–H and O–H groups in total. The molecule has 1 heterocycles. The number of amides is 1. The molecule has 0 aromatic heterocycles. The predicted octanol–water partition coefficient (Wildman–Crippen LogP) is 3.87. The van der Waals surface area contributed by atoms with Gasteiger partial charge in [-0.2, -0.15) is 0 Å². The number of phenolic OH excluding ortho intramolecular Hbond substituents is 1. The number of para-hydroxylation sites is 1. The number of hydrogen-bond acceptors (Lipinski definition) is 6. The zero-order valence-electron chi connectivity index (χ0n) is 16.3. The molecule has 1 atom stereocenters. The van der Waals surface area contributed by atoms with Gasteiger partial charge in [0.15, 0.2) is 18.1 Å². The number of carbonyl (C=O) groups excluding carboxylic acids is 2. The highest BCUT2D eigenvalue weighted by Gasteiger charge is 2.24. The lowest BCUT2D eigenvalue weighted by atomic mass is 10.2. The Hall–Kier alpha value is -2.93. The normalized spacial score (nSPS) is 16.2. The summed E-state index contributed by atoms with van der Waals surface area (Å²) in [5, 5.41) is 10.0. The summed E-state index contributed by atoms with van der Waals surface area (Å²) in [6.45, 7) is 2.40. The molecule has 2 aromatic rings. The molecule has 152 valence electrons. The fourth-order valence-electron chi connectivity index (χ4n) is 2.97. The van der Waals surface area contributed by atoms with Crippen molar-refractivity contribution in [2.45, 2.75) is 23.5 Å². The molecule has 0 spiro atoms. The van der Waals surface area contributed by atoms with Crippen LogP contribution in [-0.4, -0.2) is 42.5 Å². The van der Waals surface area contributed by atoms with E-state index < -0.39 is 5.97 Å². The van der Waals surface area contributed by atoms with Crippen molar-refractivity contribution in [1.29, 1.82) is 0 Å². The van der Waals surface area contributed by atoms with Crippen molar-refractivity contribution >= 4 is 35.4 Å². The largest absolute Gasteiger partial charge is 0.504 e. The van der Waals surface area contributed by atoms with Crippen molar-refractivity contribution in [3.8, 4) is 11.5 Å². The minimum absolute atomic E-state index is 0.0167. The number of benzene rings is 2. The molecule has 1 amide bonds. The van der Waals surface area contributed by atoms with Gasteiger partial charge in [-0.15, -0.1) is 11.8 Å². The van der Waals surface area contributed by atoms with E-state index in [0.29, 0.717) is 23.1 Å². The predicted molar refractivity (Wildman–Crippen MR) is 113 cm³/mol. The Labute approximate surface area is 174 Å². The van der Waals surface area contributed by atoms with E-state index in [0.717, 1.165) is 17.0 Å². The van der Waals surface area contributed by atoms with Gasteiger partial charge < -0.3 is 19.5 Å². The Kier molecular flexibility index (Phi) is 6.82. The molecule has 3 rings (SSSR count). The highest BCUT2D eigenvalue weighted by atomic mass is 32.2. The zero-order chi connectivity index (χ0) is 20.8. The number of phenols is 1. The number of hydrogen-bond donors (Lipinski definition) is 1. The second-order valence-corrected chi connectivity index (χ2v) is 8.08. The van der Waals surface area contributed by atoms with Crippen molar-refractivity contribution in [2.24, 2.45) is 0 Å². The van der Waals surface area contributed by atoms with Gasteiger partial charge in [0.05, 0.1) is 12.8 Å². The zero-order valence-corrected chi connectivity index (χ0v) is 17.1. The van der Waals surface area contributed by atoms with Gasteiger partial charge in [0.2, 0.25) is 0 Å². The highest BCUT2D eigenvalue weighted by Crippen LogP contribution is 2.37. The second kappa shape index (κ2) is 9.52. The van der Waals surface area contributed by atoms with Gasteiger partial charge in [-0.1, -0.05) is 25.1 Å². The summed E-state index contributed by atoms with van der Waals surface area (Å²) in [4.78, 5) is 27.5. The maximum Gasteiger partial charge on any atom is 0.331 e. The van der Waals surface area contributed by atoms with Crippen molar-refractivity contribution < 1.29 is 24.2 Å². The van der Waals surface area contributed by atoms with Crippen LogP contribution in [0.5, 0.6) is 11.5 Å². The van der Waals surface area contributed by atoms with Crippen LogP contribution in [0.4, 0.5) is 5.69 Å². The molecule has 0 bridgehead atoms. The number of rotatable bonds is 5. The SMILES string of the molecule is COc1cc(/C=C/C(=O)OCC(=O)N2CC[C@@H](C)Sc3ccccc32)ccc1O. The molecule has 1 aliphatic heterocycles. The van der Waals surface area contributed by atoms with Gasteiger partial charge in [-0.3, -0.25) is 4.79 Å². The van der Waals surface area contributed by atoms with Crippen LogP contribution in [0.15, 0.2) is 53.4 Å². The van der Waals surface area contributed by atoms with Crippen LogP contribution in [0, 0.1) is 0 Å². The Morgan fingerprint density at radius 1 is 1.28 bits per heavy atom. The number of nitrogens with zero attached hydrogens (tertiary/aromatic N) is 1. The summed E-state index contributed by atoms with van der Waals surface area (Å²) in [6, 6.07) is 12.5. The van der Waals surface area contributed by atoms with E-state index in [-0.39, 0.29) is 18.3 Å². The van der Waals surface area contributed by atoms with Gasteiger partial charge in [0.25, 0.3) is 5.91 Å². The number of ether oxygens (including phenoxy) is 2. The molecular formula is C22H23NO5S. The molecule has 29 heavy (non-hydrogen) atoms. The summed E-state index contributed by atoms with van der Waals surface area (Å²) in [5.74, 6) is -0.540. The lowest BCUT2D eigenvalue weighted by Gasteiger charge is -2.22. The number of methoxy groups -OCH3 is 1. The number of anilines is 1. The molecule has 0 saturated carbocycles. The third kappa shape index (κ3) is 5.32. The van der Waals surface area contributed by atoms with E-state index in [2.05, 4.69) is 6.92 Å². The van der Waals surface area contributed by atoms with Crippen molar-refractivity contribution in [1.82, 2.24) is 0 Å². The fraction of sp³-hybridized carbons (Fsp3) is 0.273. The van der Waals surface area contributed by atoms with E-state index in [1.54, 1.807) is 28.8 Å². The lowest BCUT2D eigenvalue weighted by Crippen LogP contribution is -2.35. The summed E-state index contributed by atoms with van der Waals surface area (Å²) < 4.78 is 10.2. The van der Waals surface area contributed by atoms with E-state index in [9.17, 15) is 14.7 Å². The molecule has 0 saturated heterocycles. The molecule has 0 aliphatic carbocycles. The number of aromatic hydroxyl groups is 1. The summed E-state index contributed by atoms with van der Waals surface area (Å²) in [7, 11) is 1.45. The maximum absolute atomic E-state index is 12.7. The minimum Gasteiger partial charge on any atom is -0.504 e. The van der Waals surface area contributed by atoms with Gasteiger partial charge in [-0.05, 0) is 42.3 Å². The van der Waals surface area contributed by atoms with E-state index in [4.69, 9.17) is 9.47 Å². The molecule has 7 heteroatoms. The van der Waals surface area contributed by atoms with Crippen molar-refractivity contribution in [2.75, 3.05) is 25.2 Å². The summed E-state index contributed by atoms with van der Waals surface area (Å²) in [6.07, 6.45) is 3.64. The molecule has 0 fully saturated rings. The number of carbonyl (C=O) groups is 2. The fourth-order valence-corrected chi connectivity index (χ4v) is 4.08. The van der Waals surface area contributed by atoms with Crippen LogP contribution in [0.2, 0.25) is 0 Å².